The SMILES string of the molecule is COC(=O)COc1ccc(S(=O)(=O)NC[C@H]2CCCO2)cc1F. The largest absolute Gasteiger partial charge is 0.479 e. The topological polar surface area (TPSA) is 90.9 Å². The summed E-state index contributed by atoms with van der Waals surface area (Å²) < 4.78 is 55.1. The van der Waals surface area contributed by atoms with Crippen LogP contribution in [-0.4, -0.2) is 47.4 Å². The number of nitrogens with one attached hydrogen (secondary N) is 1. The van der Waals surface area contributed by atoms with E-state index in [9.17, 15) is 17.6 Å². The van der Waals surface area contributed by atoms with Gasteiger partial charge in [0.2, 0.25) is 10.0 Å². The van der Waals surface area contributed by atoms with E-state index in [-0.39, 0.29) is 23.3 Å². The molecule has 128 valence electrons. The molecule has 1 heterocycles. The Morgan fingerprint density at radius 1 is 1.48 bits per heavy atom. The second-order valence-electron chi connectivity index (χ2n) is 4.94. The molecule has 7 nitrogen and oxygen atoms in total. The van der Waals surface area contributed by atoms with E-state index in [4.69, 9.17) is 9.47 Å². The van der Waals surface area contributed by atoms with Gasteiger partial charge in [0.1, 0.15) is 0 Å². The lowest BCUT2D eigenvalue weighted by molar-refractivity contribution is -0.142. The molecule has 2 rings (SSSR count). The molecule has 0 spiro atoms. The van der Waals surface area contributed by atoms with Crippen molar-refractivity contribution in [2.24, 2.45) is 0 Å². The van der Waals surface area contributed by atoms with Gasteiger partial charge in [-0.2, -0.15) is 0 Å². The minimum atomic E-state index is -3.84. The molecule has 0 unspecified atom stereocenters. The van der Waals surface area contributed by atoms with Gasteiger partial charge in [-0.1, -0.05) is 0 Å². The van der Waals surface area contributed by atoms with Crippen LogP contribution in [0.3, 0.4) is 0 Å². The zero-order chi connectivity index (χ0) is 16.9. The number of sulfonamides is 1. The Balaban J connectivity index is 2.01. The second-order valence-corrected chi connectivity index (χ2v) is 6.71. The van der Waals surface area contributed by atoms with Crippen LogP contribution in [0.5, 0.6) is 5.75 Å². The molecule has 1 fully saturated rings. The summed E-state index contributed by atoms with van der Waals surface area (Å²) in [5, 5.41) is 0. The van der Waals surface area contributed by atoms with Crippen molar-refractivity contribution >= 4 is 16.0 Å². The molecule has 1 N–H and O–H groups in total. The Morgan fingerprint density at radius 3 is 2.87 bits per heavy atom. The van der Waals surface area contributed by atoms with E-state index in [0.29, 0.717) is 6.61 Å². The molecule has 23 heavy (non-hydrogen) atoms. The molecule has 1 aliphatic rings. The van der Waals surface area contributed by atoms with Gasteiger partial charge in [-0.05, 0) is 31.0 Å². The van der Waals surface area contributed by atoms with Crippen LogP contribution >= 0.6 is 0 Å². The van der Waals surface area contributed by atoms with Crippen LogP contribution in [0.15, 0.2) is 23.1 Å². The summed E-state index contributed by atoms with van der Waals surface area (Å²) in [7, 11) is -2.66. The van der Waals surface area contributed by atoms with Crippen molar-refractivity contribution < 1.29 is 31.8 Å². The number of carbonyl (C=O) groups excluding carboxylic acids is 1. The average molecular weight is 347 g/mol. The molecule has 0 amide bonds. The van der Waals surface area contributed by atoms with Crippen molar-refractivity contribution in [3.8, 4) is 5.75 Å². The molecule has 9 heteroatoms. The predicted molar refractivity (Wildman–Crippen MR) is 78.1 cm³/mol. The Labute approximate surface area is 133 Å². The minimum absolute atomic E-state index is 0.143. The van der Waals surface area contributed by atoms with E-state index >= 15 is 0 Å². The molecular formula is C14H18FNO6S. The van der Waals surface area contributed by atoms with Crippen LogP contribution in [0.2, 0.25) is 0 Å². The summed E-state index contributed by atoms with van der Waals surface area (Å²) >= 11 is 0. The maximum atomic E-state index is 13.9. The summed E-state index contributed by atoms with van der Waals surface area (Å²) in [4.78, 5) is 10.7. The van der Waals surface area contributed by atoms with Gasteiger partial charge >= 0.3 is 5.97 Å². The first-order valence-electron chi connectivity index (χ1n) is 7.03. The van der Waals surface area contributed by atoms with Gasteiger partial charge in [0.05, 0.1) is 18.1 Å². The summed E-state index contributed by atoms with van der Waals surface area (Å²) in [5.74, 6) is -1.78. The fourth-order valence-corrected chi connectivity index (χ4v) is 3.13. The number of benzene rings is 1. The highest BCUT2D eigenvalue weighted by Gasteiger charge is 2.21. The number of carbonyl (C=O) groups is 1. The number of rotatable bonds is 7. The van der Waals surface area contributed by atoms with Crippen molar-refractivity contribution in [1.29, 1.82) is 0 Å². The summed E-state index contributed by atoms with van der Waals surface area (Å²) in [6.07, 6.45) is 1.53. The van der Waals surface area contributed by atoms with Gasteiger partial charge in [-0.15, -0.1) is 0 Å². The normalized spacial score (nSPS) is 17.9. The summed E-state index contributed by atoms with van der Waals surface area (Å²) in [6.45, 7) is 0.300. The quantitative estimate of drug-likeness (QED) is 0.735. The van der Waals surface area contributed by atoms with E-state index in [1.54, 1.807) is 0 Å². The van der Waals surface area contributed by atoms with Crippen molar-refractivity contribution in [3.63, 3.8) is 0 Å². The standard InChI is InChI=1S/C14H18FNO6S/c1-20-14(17)9-22-13-5-4-11(7-12(13)15)23(18,19)16-8-10-3-2-6-21-10/h4-5,7,10,16H,2-3,6,8-9H2,1H3/t10-/m1/s1. The summed E-state index contributed by atoms with van der Waals surface area (Å²) in [5.41, 5.74) is 0. The fourth-order valence-electron chi connectivity index (χ4n) is 2.05. The maximum Gasteiger partial charge on any atom is 0.343 e. The molecule has 0 bridgehead atoms. The predicted octanol–water partition coefficient (Wildman–Crippen LogP) is 0.835. The smallest absolute Gasteiger partial charge is 0.343 e. The van der Waals surface area contributed by atoms with E-state index in [1.807, 2.05) is 0 Å². The highest BCUT2D eigenvalue weighted by molar-refractivity contribution is 7.89. The van der Waals surface area contributed by atoms with Crippen LogP contribution in [-0.2, 0) is 24.3 Å². The first-order chi connectivity index (χ1) is 10.9. The van der Waals surface area contributed by atoms with Crippen LogP contribution in [0.1, 0.15) is 12.8 Å². The zero-order valence-electron chi connectivity index (χ0n) is 12.6. The zero-order valence-corrected chi connectivity index (χ0v) is 13.4. The highest BCUT2D eigenvalue weighted by atomic mass is 32.2. The maximum absolute atomic E-state index is 13.9. The first-order valence-corrected chi connectivity index (χ1v) is 8.51. The van der Waals surface area contributed by atoms with Crippen LogP contribution < -0.4 is 9.46 Å². The van der Waals surface area contributed by atoms with Crippen LogP contribution in [0.25, 0.3) is 0 Å². The number of esters is 1. The minimum Gasteiger partial charge on any atom is -0.479 e. The Morgan fingerprint density at radius 2 is 2.26 bits per heavy atom. The number of ether oxygens (including phenoxy) is 3. The highest BCUT2D eigenvalue weighted by Crippen LogP contribution is 2.21. The lowest BCUT2D eigenvalue weighted by atomic mass is 10.2. The number of halogens is 1. The fraction of sp³-hybridized carbons (Fsp3) is 0.500. The Kier molecular flexibility index (Phi) is 5.91. The van der Waals surface area contributed by atoms with Crippen molar-refractivity contribution in [3.05, 3.63) is 24.0 Å². The van der Waals surface area contributed by atoms with Gasteiger partial charge in [0.15, 0.2) is 18.2 Å². The first kappa shape index (κ1) is 17.6. The molecule has 0 saturated carbocycles. The van der Waals surface area contributed by atoms with E-state index in [2.05, 4.69) is 9.46 Å². The molecule has 1 aromatic carbocycles. The number of methoxy groups -OCH3 is 1. The van der Waals surface area contributed by atoms with Crippen molar-refractivity contribution in [2.45, 2.75) is 23.8 Å². The third kappa shape index (κ3) is 4.88. The Hall–Kier alpha value is -1.71. The molecule has 0 radical (unpaired) electrons. The van der Waals surface area contributed by atoms with Gasteiger partial charge < -0.3 is 14.2 Å². The number of hydrogen-bond donors (Lipinski definition) is 1. The monoisotopic (exact) mass is 347 g/mol. The molecule has 1 aliphatic heterocycles. The molecule has 0 aliphatic carbocycles. The van der Waals surface area contributed by atoms with Gasteiger partial charge in [0, 0.05) is 13.2 Å². The van der Waals surface area contributed by atoms with Crippen LogP contribution in [0, 0.1) is 5.82 Å². The summed E-state index contributed by atoms with van der Waals surface area (Å²) in [6, 6.07) is 3.19. The molecule has 1 aromatic rings. The third-order valence-corrected chi connectivity index (χ3v) is 4.73. The average Bonchev–Trinajstić information content (AvgIpc) is 3.05. The molecule has 1 saturated heterocycles. The molecule has 1 atom stereocenters. The molecule has 0 aromatic heterocycles. The molecular weight excluding hydrogens is 329 g/mol. The lowest BCUT2D eigenvalue weighted by Gasteiger charge is -2.12. The van der Waals surface area contributed by atoms with Gasteiger partial charge in [0.25, 0.3) is 0 Å². The lowest BCUT2D eigenvalue weighted by Crippen LogP contribution is -2.31. The van der Waals surface area contributed by atoms with Crippen molar-refractivity contribution in [2.75, 3.05) is 26.9 Å². The van der Waals surface area contributed by atoms with E-state index in [0.717, 1.165) is 25.0 Å². The Bertz CT molecular complexity index is 657. The van der Waals surface area contributed by atoms with Crippen molar-refractivity contribution in [1.82, 2.24) is 4.72 Å². The number of hydrogen-bond acceptors (Lipinski definition) is 6. The van der Waals surface area contributed by atoms with Crippen LogP contribution in [0.4, 0.5) is 4.39 Å². The second kappa shape index (κ2) is 7.71. The third-order valence-electron chi connectivity index (χ3n) is 3.31. The van der Waals surface area contributed by atoms with E-state index < -0.39 is 28.4 Å². The van der Waals surface area contributed by atoms with E-state index in [1.165, 1.54) is 13.2 Å². The van der Waals surface area contributed by atoms with Gasteiger partial charge in [-0.3, -0.25) is 0 Å². The van der Waals surface area contributed by atoms with Gasteiger partial charge in [-0.25, -0.2) is 22.3 Å².